The van der Waals surface area contributed by atoms with Crippen LogP contribution in [-0.4, -0.2) is 37.6 Å². The van der Waals surface area contributed by atoms with Gasteiger partial charge >= 0.3 is 0 Å². The minimum Gasteiger partial charge on any atom is -0.313 e. The van der Waals surface area contributed by atoms with Crippen LogP contribution in [0.5, 0.6) is 0 Å². The van der Waals surface area contributed by atoms with E-state index in [1.165, 1.54) is 6.42 Å². The zero-order valence-electron chi connectivity index (χ0n) is 8.52. The Kier molecular flexibility index (Phi) is 5.51. The lowest BCUT2D eigenvalue weighted by Crippen LogP contribution is -2.38. The molecule has 0 aromatic heterocycles. The smallest absolute Gasteiger partial charge is 0.0186 e. The second kappa shape index (κ2) is 5.56. The van der Waals surface area contributed by atoms with E-state index in [9.17, 15) is 0 Å². The maximum absolute atomic E-state index is 3.47. The van der Waals surface area contributed by atoms with E-state index in [0.717, 1.165) is 6.54 Å². The molecule has 11 heavy (non-hydrogen) atoms. The Labute approximate surface area is 71.0 Å². The van der Waals surface area contributed by atoms with E-state index in [0.29, 0.717) is 12.1 Å². The Morgan fingerprint density at radius 3 is 2.18 bits per heavy atom. The fourth-order valence-corrected chi connectivity index (χ4v) is 0.699. The van der Waals surface area contributed by atoms with Gasteiger partial charge in [0, 0.05) is 18.6 Å². The SMILES string of the molecule is CCC(C)NCC(C)N(C)C. The number of nitrogens with one attached hydrogen (secondary N) is 1. The molecule has 2 atom stereocenters. The number of hydrogen-bond acceptors (Lipinski definition) is 2. The number of likely N-dealkylation sites (N-methyl/N-ethyl adjacent to an activating group) is 1. The van der Waals surface area contributed by atoms with Crippen molar-refractivity contribution in [3.05, 3.63) is 0 Å². The summed E-state index contributed by atoms with van der Waals surface area (Å²) >= 11 is 0. The summed E-state index contributed by atoms with van der Waals surface area (Å²) in [6.07, 6.45) is 1.21. The molecule has 0 rings (SSSR count). The van der Waals surface area contributed by atoms with Gasteiger partial charge in [-0.2, -0.15) is 0 Å². The zero-order valence-corrected chi connectivity index (χ0v) is 8.52. The molecule has 2 nitrogen and oxygen atoms in total. The van der Waals surface area contributed by atoms with Gasteiger partial charge < -0.3 is 10.2 Å². The van der Waals surface area contributed by atoms with Crippen molar-refractivity contribution in [2.24, 2.45) is 0 Å². The first-order valence-electron chi connectivity index (χ1n) is 4.47. The molecule has 0 spiro atoms. The monoisotopic (exact) mass is 158 g/mol. The second-order valence-corrected chi connectivity index (χ2v) is 3.53. The van der Waals surface area contributed by atoms with Gasteiger partial charge in [-0.1, -0.05) is 6.92 Å². The van der Waals surface area contributed by atoms with E-state index in [-0.39, 0.29) is 0 Å². The van der Waals surface area contributed by atoms with Crippen LogP contribution in [0, 0.1) is 0 Å². The number of hydrogen-bond donors (Lipinski definition) is 1. The summed E-state index contributed by atoms with van der Waals surface area (Å²) in [5.41, 5.74) is 0. The lowest BCUT2D eigenvalue weighted by Gasteiger charge is -2.22. The minimum atomic E-state index is 0.629. The van der Waals surface area contributed by atoms with Crippen LogP contribution in [0.15, 0.2) is 0 Å². The van der Waals surface area contributed by atoms with Gasteiger partial charge in [-0.05, 0) is 34.4 Å². The van der Waals surface area contributed by atoms with Gasteiger partial charge in [0.1, 0.15) is 0 Å². The number of nitrogens with zero attached hydrogens (tertiary/aromatic N) is 1. The molecule has 0 aliphatic heterocycles. The molecule has 2 heteroatoms. The van der Waals surface area contributed by atoms with Crippen LogP contribution >= 0.6 is 0 Å². The average Bonchev–Trinajstić information content (AvgIpc) is 1.99. The molecule has 0 aromatic carbocycles. The molecule has 0 amide bonds. The zero-order chi connectivity index (χ0) is 8.85. The van der Waals surface area contributed by atoms with Gasteiger partial charge in [0.2, 0.25) is 0 Å². The van der Waals surface area contributed by atoms with Gasteiger partial charge in [0.25, 0.3) is 0 Å². The van der Waals surface area contributed by atoms with Crippen LogP contribution in [0.4, 0.5) is 0 Å². The summed E-state index contributed by atoms with van der Waals surface area (Å²) in [5, 5.41) is 3.47. The van der Waals surface area contributed by atoms with Crippen LogP contribution < -0.4 is 5.32 Å². The summed E-state index contributed by atoms with van der Waals surface area (Å²) in [6.45, 7) is 7.75. The maximum atomic E-state index is 3.47. The Morgan fingerprint density at radius 2 is 1.82 bits per heavy atom. The van der Waals surface area contributed by atoms with E-state index >= 15 is 0 Å². The predicted octanol–water partition coefficient (Wildman–Crippen LogP) is 1.32. The molecule has 0 aromatic rings. The van der Waals surface area contributed by atoms with Crippen LogP contribution in [0.3, 0.4) is 0 Å². The van der Waals surface area contributed by atoms with Crippen LogP contribution in [0.2, 0.25) is 0 Å². The van der Waals surface area contributed by atoms with Crippen molar-refractivity contribution in [1.82, 2.24) is 10.2 Å². The van der Waals surface area contributed by atoms with Gasteiger partial charge in [-0.25, -0.2) is 0 Å². The molecule has 2 unspecified atom stereocenters. The molecule has 0 radical (unpaired) electrons. The normalized spacial score (nSPS) is 16.9. The topological polar surface area (TPSA) is 15.3 Å². The molecule has 0 saturated carbocycles. The standard InChI is InChI=1S/C9H22N2/c1-6-8(2)10-7-9(3)11(4)5/h8-10H,6-7H2,1-5H3. The molecule has 0 bridgehead atoms. The third kappa shape index (κ3) is 5.22. The third-order valence-corrected chi connectivity index (χ3v) is 2.26. The van der Waals surface area contributed by atoms with Crippen molar-refractivity contribution < 1.29 is 0 Å². The van der Waals surface area contributed by atoms with Gasteiger partial charge in [0.15, 0.2) is 0 Å². The summed E-state index contributed by atoms with van der Waals surface area (Å²) in [4.78, 5) is 2.23. The van der Waals surface area contributed by atoms with Crippen molar-refractivity contribution in [3.8, 4) is 0 Å². The molecular weight excluding hydrogens is 136 g/mol. The summed E-state index contributed by atoms with van der Waals surface area (Å²) in [7, 11) is 4.23. The molecule has 1 N–H and O–H groups in total. The summed E-state index contributed by atoms with van der Waals surface area (Å²) in [5.74, 6) is 0. The van der Waals surface area contributed by atoms with Crippen molar-refractivity contribution in [2.45, 2.75) is 39.3 Å². The molecule has 0 heterocycles. The second-order valence-electron chi connectivity index (χ2n) is 3.53. The molecule has 68 valence electrons. The van der Waals surface area contributed by atoms with Crippen molar-refractivity contribution in [1.29, 1.82) is 0 Å². The Hall–Kier alpha value is -0.0800. The molecular formula is C9H22N2. The van der Waals surface area contributed by atoms with E-state index in [4.69, 9.17) is 0 Å². The highest BCUT2D eigenvalue weighted by atomic mass is 15.1. The van der Waals surface area contributed by atoms with Crippen molar-refractivity contribution >= 4 is 0 Å². The highest BCUT2D eigenvalue weighted by Gasteiger charge is 2.04. The Bertz CT molecular complexity index is 91.6. The number of rotatable bonds is 5. The first-order valence-corrected chi connectivity index (χ1v) is 4.47. The Morgan fingerprint density at radius 1 is 1.27 bits per heavy atom. The van der Waals surface area contributed by atoms with E-state index in [1.54, 1.807) is 0 Å². The predicted molar refractivity (Wildman–Crippen MR) is 50.9 cm³/mol. The average molecular weight is 158 g/mol. The minimum absolute atomic E-state index is 0.629. The van der Waals surface area contributed by atoms with Gasteiger partial charge in [-0.3, -0.25) is 0 Å². The fraction of sp³-hybridized carbons (Fsp3) is 1.00. The highest BCUT2D eigenvalue weighted by molar-refractivity contribution is 4.66. The largest absolute Gasteiger partial charge is 0.313 e. The summed E-state index contributed by atoms with van der Waals surface area (Å²) in [6, 6.07) is 1.28. The molecule has 0 aliphatic carbocycles. The fourth-order valence-electron chi connectivity index (χ4n) is 0.699. The first kappa shape index (κ1) is 10.9. The quantitative estimate of drug-likeness (QED) is 0.649. The molecule has 0 aliphatic rings. The maximum Gasteiger partial charge on any atom is 0.0186 e. The van der Waals surface area contributed by atoms with Gasteiger partial charge in [-0.15, -0.1) is 0 Å². The lowest BCUT2D eigenvalue weighted by molar-refractivity contribution is 0.294. The van der Waals surface area contributed by atoms with Crippen LogP contribution in [-0.2, 0) is 0 Å². The van der Waals surface area contributed by atoms with E-state index in [2.05, 4.69) is 45.1 Å². The highest BCUT2D eigenvalue weighted by Crippen LogP contribution is 1.92. The van der Waals surface area contributed by atoms with Gasteiger partial charge in [0.05, 0.1) is 0 Å². The van der Waals surface area contributed by atoms with Crippen LogP contribution in [0.1, 0.15) is 27.2 Å². The van der Waals surface area contributed by atoms with E-state index < -0.39 is 0 Å². The first-order chi connectivity index (χ1) is 5.07. The summed E-state index contributed by atoms with van der Waals surface area (Å²) < 4.78 is 0. The Balaban J connectivity index is 3.37. The van der Waals surface area contributed by atoms with Crippen molar-refractivity contribution in [3.63, 3.8) is 0 Å². The van der Waals surface area contributed by atoms with E-state index in [1.807, 2.05) is 0 Å². The lowest BCUT2D eigenvalue weighted by atomic mass is 10.2. The van der Waals surface area contributed by atoms with Crippen LogP contribution in [0.25, 0.3) is 0 Å². The molecule has 0 fully saturated rings. The van der Waals surface area contributed by atoms with Crippen molar-refractivity contribution in [2.75, 3.05) is 20.6 Å². The molecule has 0 saturated heterocycles. The third-order valence-electron chi connectivity index (χ3n) is 2.26.